The third kappa shape index (κ3) is 4.04. The van der Waals surface area contributed by atoms with Crippen LogP contribution in [0.25, 0.3) is 21.8 Å². The molecule has 7 heteroatoms. The van der Waals surface area contributed by atoms with Crippen LogP contribution in [0, 0.1) is 0 Å². The number of aromatic nitrogens is 4. The summed E-state index contributed by atoms with van der Waals surface area (Å²) in [6.07, 6.45) is 4.83. The topological polar surface area (TPSA) is 80.7 Å². The summed E-state index contributed by atoms with van der Waals surface area (Å²) in [7, 11) is 0. The van der Waals surface area contributed by atoms with Crippen molar-refractivity contribution < 1.29 is 4.79 Å². The molecule has 1 N–H and O–H groups in total. The highest BCUT2D eigenvalue weighted by molar-refractivity contribution is 7.09. The van der Waals surface area contributed by atoms with E-state index in [2.05, 4.69) is 24.9 Å². The number of nitrogens with one attached hydrogen (secondary N) is 1. The van der Waals surface area contributed by atoms with E-state index in [0.717, 1.165) is 21.6 Å². The Kier molecular flexibility index (Phi) is 4.93. The van der Waals surface area contributed by atoms with Crippen LogP contribution in [0.4, 0.5) is 0 Å². The first-order chi connectivity index (χ1) is 13.3. The van der Waals surface area contributed by atoms with Crippen LogP contribution >= 0.6 is 11.5 Å². The third-order valence-electron chi connectivity index (χ3n) is 4.00. The molecule has 0 aliphatic rings. The second-order valence-electron chi connectivity index (χ2n) is 5.82. The van der Waals surface area contributed by atoms with E-state index in [4.69, 9.17) is 0 Å². The van der Waals surface area contributed by atoms with Gasteiger partial charge in [0.1, 0.15) is 0 Å². The summed E-state index contributed by atoms with van der Waals surface area (Å²) in [4.78, 5) is 21.9. The van der Waals surface area contributed by atoms with Gasteiger partial charge in [0.05, 0.1) is 16.6 Å². The van der Waals surface area contributed by atoms with E-state index < -0.39 is 0 Å². The normalized spacial score (nSPS) is 10.5. The highest BCUT2D eigenvalue weighted by atomic mass is 32.1. The quantitative estimate of drug-likeness (QED) is 0.578. The minimum absolute atomic E-state index is 0.203. The van der Waals surface area contributed by atoms with E-state index in [1.165, 1.54) is 11.5 Å². The van der Waals surface area contributed by atoms with E-state index in [0.29, 0.717) is 17.9 Å². The number of carbonyl (C=O) groups is 1. The molecule has 2 aromatic carbocycles. The van der Waals surface area contributed by atoms with Crippen LogP contribution in [0.3, 0.4) is 0 Å². The Morgan fingerprint density at radius 1 is 0.889 bits per heavy atom. The zero-order valence-corrected chi connectivity index (χ0v) is 15.1. The van der Waals surface area contributed by atoms with E-state index in [-0.39, 0.29) is 5.91 Å². The van der Waals surface area contributed by atoms with Crippen LogP contribution in [-0.2, 0) is 6.54 Å². The van der Waals surface area contributed by atoms with Crippen LogP contribution in [0.2, 0.25) is 0 Å². The predicted molar refractivity (Wildman–Crippen MR) is 104 cm³/mol. The minimum Gasteiger partial charge on any atom is -0.348 e. The van der Waals surface area contributed by atoms with Gasteiger partial charge in [-0.3, -0.25) is 4.79 Å². The Hall–Kier alpha value is -3.45. The Morgan fingerprint density at radius 2 is 1.63 bits per heavy atom. The van der Waals surface area contributed by atoms with E-state index >= 15 is 0 Å². The van der Waals surface area contributed by atoms with Gasteiger partial charge < -0.3 is 5.32 Å². The van der Waals surface area contributed by atoms with Gasteiger partial charge in [-0.1, -0.05) is 59.1 Å². The fourth-order valence-electron chi connectivity index (χ4n) is 2.55. The van der Waals surface area contributed by atoms with E-state index in [9.17, 15) is 4.79 Å². The molecule has 2 aromatic heterocycles. The van der Waals surface area contributed by atoms with Crippen molar-refractivity contribution >= 4 is 17.4 Å². The summed E-state index contributed by atoms with van der Waals surface area (Å²) in [5.41, 5.74) is 3.42. The molecular formula is C20H15N5OS. The molecule has 0 spiro atoms. The second-order valence-corrected chi connectivity index (χ2v) is 6.61. The number of benzene rings is 2. The lowest BCUT2D eigenvalue weighted by atomic mass is 10.1. The fraction of sp³-hybridized carbons (Fsp3) is 0.0500. The first kappa shape index (κ1) is 17.0. The molecule has 0 aliphatic heterocycles. The van der Waals surface area contributed by atoms with Crippen molar-refractivity contribution in [1.29, 1.82) is 0 Å². The monoisotopic (exact) mass is 373 g/mol. The van der Waals surface area contributed by atoms with Crippen molar-refractivity contribution in [2.45, 2.75) is 6.54 Å². The Morgan fingerprint density at radius 3 is 2.30 bits per heavy atom. The average Bonchev–Trinajstić information content (AvgIpc) is 3.28. The van der Waals surface area contributed by atoms with Crippen molar-refractivity contribution in [1.82, 2.24) is 24.9 Å². The van der Waals surface area contributed by atoms with Gasteiger partial charge in [0.2, 0.25) is 0 Å². The van der Waals surface area contributed by atoms with Crippen molar-refractivity contribution in [2.24, 2.45) is 0 Å². The van der Waals surface area contributed by atoms with Crippen molar-refractivity contribution in [3.05, 3.63) is 84.3 Å². The first-order valence-electron chi connectivity index (χ1n) is 8.32. The van der Waals surface area contributed by atoms with E-state index in [1.807, 2.05) is 54.6 Å². The van der Waals surface area contributed by atoms with Gasteiger partial charge in [-0.2, -0.15) is 0 Å². The van der Waals surface area contributed by atoms with Crippen LogP contribution < -0.4 is 5.32 Å². The molecule has 27 heavy (non-hydrogen) atoms. The lowest BCUT2D eigenvalue weighted by molar-refractivity contribution is 0.0950. The molecule has 132 valence electrons. The minimum atomic E-state index is -0.203. The highest BCUT2D eigenvalue weighted by Gasteiger charge is 2.08. The van der Waals surface area contributed by atoms with Gasteiger partial charge in [0, 0.05) is 24.5 Å². The maximum absolute atomic E-state index is 12.3. The summed E-state index contributed by atoms with van der Waals surface area (Å²) >= 11 is 1.35. The van der Waals surface area contributed by atoms with Crippen LogP contribution in [0.1, 0.15) is 15.9 Å². The summed E-state index contributed by atoms with van der Waals surface area (Å²) in [6, 6.07) is 17.6. The van der Waals surface area contributed by atoms with Gasteiger partial charge in [0.25, 0.3) is 5.91 Å². The fourth-order valence-corrected chi connectivity index (χ4v) is 3.07. The number of nitrogens with zero attached hydrogens (tertiary/aromatic N) is 4. The standard InChI is InChI=1S/C20H15N5OS/c26-20(17-11-21-19(22-12-17)16-4-2-1-3-5-16)23-10-14-6-8-15(9-7-14)18-13-24-25-27-18/h1-9,11-13H,10H2,(H,23,26). The number of hydrogen-bond acceptors (Lipinski definition) is 6. The predicted octanol–water partition coefficient (Wildman–Crippen LogP) is 3.59. The molecule has 4 rings (SSSR count). The molecule has 2 heterocycles. The SMILES string of the molecule is O=C(NCc1ccc(-c2cnns2)cc1)c1cnc(-c2ccccc2)nc1. The number of carbonyl (C=O) groups excluding carboxylic acids is 1. The van der Waals surface area contributed by atoms with Crippen molar-refractivity contribution in [3.63, 3.8) is 0 Å². The molecule has 0 unspecified atom stereocenters. The molecule has 0 bridgehead atoms. The summed E-state index contributed by atoms with van der Waals surface area (Å²) in [5.74, 6) is 0.394. The van der Waals surface area contributed by atoms with Crippen molar-refractivity contribution in [2.75, 3.05) is 0 Å². The van der Waals surface area contributed by atoms with Crippen molar-refractivity contribution in [3.8, 4) is 21.8 Å². The zero-order chi connectivity index (χ0) is 18.5. The lowest BCUT2D eigenvalue weighted by Crippen LogP contribution is -2.23. The molecule has 6 nitrogen and oxygen atoms in total. The van der Waals surface area contributed by atoms with Gasteiger partial charge in [-0.05, 0) is 22.7 Å². The van der Waals surface area contributed by atoms with Crippen LogP contribution in [-0.4, -0.2) is 25.5 Å². The maximum atomic E-state index is 12.3. The first-order valence-corrected chi connectivity index (χ1v) is 9.09. The summed E-state index contributed by atoms with van der Waals surface area (Å²) < 4.78 is 3.86. The van der Waals surface area contributed by atoms with Gasteiger partial charge in [0.15, 0.2) is 5.82 Å². The molecule has 0 atom stereocenters. The third-order valence-corrected chi connectivity index (χ3v) is 4.71. The molecule has 1 amide bonds. The molecule has 4 aromatic rings. The zero-order valence-electron chi connectivity index (χ0n) is 14.2. The lowest BCUT2D eigenvalue weighted by Gasteiger charge is -2.06. The van der Waals surface area contributed by atoms with Gasteiger partial charge in [-0.25, -0.2) is 9.97 Å². The summed E-state index contributed by atoms with van der Waals surface area (Å²) in [6.45, 7) is 0.431. The molecule has 0 saturated heterocycles. The maximum Gasteiger partial charge on any atom is 0.254 e. The molecule has 0 aliphatic carbocycles. The number of hydrogen-bond donors (Lipinski definition) is 1. The summed E-state index contributed by atoms with van der Waals surface area (Å²) in [5, 5.41) is 6.73. The van der Waals surface area contributed by atoms with Crippen LogP contribution in [0.15, 0.2) is 73.2 Å². The second kappa shape index (κ2) is 7.84. The van der Waals surface area contributed by atoms with Gasteiger partial charge in [-0.15, -0.1) is 5.10 Å². The largest absolute Gasteiger partial charge is 0.348 e. The van der Waals surface area contributed by atoms with E-state index in [1.54, 1.807) is 18.6 Å². The van der Waals surface area contributed by atoms with Gasteiger partial charge >= 0.3 is 0 Å². The average molecular weight is 373 g/mol. The molecular weight excluding hydrogens is 358 g/mol. The number of amides is 1. The molecule has 0 saturated carbocycles. The van der Waals surface area contributed by atoms with Crippen LogP contribution in [0.5, 0.6) is 0 Å². The molecule has 0 radical (unpaired) electrons. The highest BCUT2D eigenvalue weighted by Crippen LogP contribution is 2.21. The smallest absolute Gasteiger partial charge is 0.254 e. The number of rotatable bonds is 5. The Balaban J connectivity index is 1.38. The Labute approximate surface area is 160 Å². The molecule has 0 fully saturated rings. The Bertz CT molecular complexity index is 1020.